The lowest BCUT2D eigenvalue weighted by Crippen LogP contribution is -1.96. The molecule has 262 valence electrons. The first-order chi connectivity index (χ1) is 27.7. The molecule has 4 heteroatoms. The van der Waals surface area contributed by atoms with Crippen LogP contribution in [0.1, 0.15) is 0 Å². The standard InChI is InChI=1S/C52H32N2O2/c1-3-13-33(14-4-1)37-29-38(41-20-11-21-43-42-17-7-9-22-47(42)56-51(41)43)31-39(30-37)46-32-45(53-52(54-46)36-15-5-2-6-16-36)35-27-25-34(26-28-35)40-19-12-24-49-50(40)44-18-8-10-23-48(44)55-49/h1-32H. The smallest absolute Gasteiger partial charge is 0.160 e. The van der Waals surface area contributed by atoms with Gasteiger partial charge in [0, 0.05) is 43.8 Å². The number of fused-ring (bicyclic) bond motifs is 6. The van der Waals surface area contributed by atoms with Crippen molar-refractivity contribution in [3.05, 3.63) is 194 Å². The largest absolute Gasteiger partial charge is 0.456 e. The maximum Gasteiger partial charge on any atom is 0.160 e. The summed E-state index contributed by atoms with van der Waals surface area (Å²) in [5, 5.41) is 4.45. The zero-order chi connectivity index (χ0) is 37.0. The van der Waals surface area contributed by atoms with E-state index in [9.17, 15) is 0 Å². The predicted octanol–water partition coefficient (Wildman–Crippen LogP) is 14.3. The number of furan rings is 2. The minimum absolute atomic E-state index is 0.669. The highest BCUT2D eigenvalue weighted by molar-refractivity contribution is 6.12. The summed E-state index contributed by atoms with van der Waals surface area (Å²) in [6.07, 6.45) is 0. The third-order valence-electron chi connectivity index (χ3n) is 10.7. The molecule has 0 saturated carbocycles. The number of hydrogen-bond donors (Lipinski definition) is 0. The average Bonchev–Trinajstić information content (AvgIpc) is 3.86. The van der Waals surface area contributed by atoms with Crippen LogP contribution in [-0.4, -0.2) is 9.97 Å². The van der Waals surface area contributed by atoms with Gasteiger partial charge in [-0.3, -0.25) is 0 Å². The zero-order valence-electron chi connectivity index (χ0n) is 30.2. The number of rotatable bonds is 6. The lowest BCUT2D eigenvalue weighted by atomic mass is 9.93. The fraction of sp³-hybridized carbons (Fsp3) is 0. The van der Waals surface area contributed by atoms with Crippen LogP contribution >= 0.6 is 0 Å². The van der Waals surface area contributed by atoms with Crippen LogP contribution in [0.2, 0.25) is 0 Å². The SMILES string of the molecule is c1ccc(-c2cc(-c3cc(-c4ccc(-c5cccc6oc7ccccc7c56)cc4)nc(-c4ccccc4)n3)cc(-c3cccc4c3oc3ccccc34)c2)cc1. The van der Waals surface area contributed by atoms with Crippen LogP contribution in [0.5, 0.6) is 0 Å². The molecule has 11 aromatic rings. The Balaban J connectivity index is 1.08. The summed E-state index contributed by atoms with van der Waals surface area (Å²) in [6, 6.07) is 67.3. The molecule has 0 aliphatic carbocycles. The summed E-state index contributed by atoms with van der Waals surface area (Å²) in [5.74, 6) is 0.669. The Labute approximate surface area is 323 Å². The van der Waals surface area contributed by atoms with Gasteiger partial charge in [-0.25, -0.2) is 9.97 Å². The Morgan fingerprint density at radius 1 is 0.304 bits per heavy atom. The van der Waals surface area contributed by atoms with Gasteiger partial charge >= 0.3 is 0 Å². The van der Waals surface area contributed by atoms with Gasteiger partial charge in [0.1, 0.15) is 22.3 Å². The second kappa shape index (κ2) is 13.1. The lowest BCUT2D eigenvalue weighted by molar-refractivity contribution is 0.669. The van der Waals surface area contributed by atoms with Gasteiger partial charge in [-0.05, 0) is 70.3 Å². The molecule has 0 bridgehead atoms. The van der Waals surface area contributed by atoms with Crippen molar-refractivity contribution in [2.24, 2.45) is 0 Å². The molecule has 0 atom stereocenters. The van der Waals surface area contributed by atoms with E-state index in [-0.39, 0.29) is 0 Å². The van der Waals surface area contributed by atoms with Gasteiger partial charge in [0.05, 0.1) is 11.4 Å². The molecule has 4 nitrogen and oxygen atoms in total. The molecule has 11 rings (SSSR count). The molecular weight excluding hydrogens is 685 g/mol. The maximum absolute atomic E-state index is 6.53. The van der Waals surface area contributed by atoms with E-state index in [4.69, 9.17) is 18.8 Å². The molecule has 3 heterocycles. The highest BCUT2D eigenvalue weighted by Gasteiger charge is 2.18. The summed E-state index contributed by atoms with van der Waals surface area (Å²) in [6.45, 7) is 0. The van der Waals surface area contributed by atoms with E-state index < -0.39 is 0 Å². The molecule has 0 aliphatic rings. The van der Waals surface area contributed by atoms with E-state index >= 15 is 0 Å². The van der Waals surface area contributed by atoms with Crippen LogP contribution in [-0.2, 0) is 0 Å². The Kier molecular flexibility index (Phi) is 7.46. The van der Waals surface area contributed by atoms with Gasteiger partial charge in [0.2, 0.25) is 0 Å². The molecule has 0 amide bonds. The molecule has 56 heavy (non-hydrogen) atoms. The number of hydrogen-bond acceptors (Lipinski definition) is 4. The molecule has 3 aromatic heterocycles. The van der Waals surface area contributed by atoms with E-state index in [1.807, 2.05) is 48.5 Å². The van der Waals surface area contributed by atoms with Crippen molar-refractivity contribution in [1.29, 1.82) is 0 Å². The van der Waals surface area contributed by atoms with Crippen LogP contribution in [0.3, 0.4) is 0 Å². The van der Waals surface area contributed by atoms with Crippen molar-refractivity contribution in [2.75, 3.05) is 0 Å². The minimum Gasteiger partial charge on any atom is -0.456 e. The highest BCUT2D eigenvalue weighted by Crippen LogP contribution is 2.41. The number of nitrogens with zero attached hydrogens (tertiary/aromatic N) is 2. The highest BCUT2D eigenvalue weighted by atomic mass is 16.3. The monoisotopic (exact) mass is 716 g/mol. The molecule has 0 N–H and O–H groups in total. The fourth-order valence-electron chi connectivity index (χ4n) is 8.00. The van der Waals surface area contributed by atoms with Crippen molar-refractivity contribution in [3.8, 4) is 67.3 Å². The molecule has 0 radical (unpaired) electrons. The first-order valence-electron chi connectivity index (χ1n) is 18.8. The van der Waals surface area contributed by atoms with Crippen molar-refractivity contribution >= 4 is 43.9 Å². The Morgan fingerprint density at radius 3 is 1.64 bits per heavy atom. The lowest BCUT2D eigenvalue weighted by Gasteiger charge is -2.14. The molecule has 0 spiro atoms. The summed E-state index contributed by atoms with van der Waals surface area (Å²) >= 11 is 0. The third kappa shape index (κ3) is 5.47. The molecule has 8 aromatic carbocycles. The maximum atomic E-state index is 6.53. The predicted molar refractivity (Wildman–Crippen MR) is 229 cm³/mol. The van der Waals surface area contributed by atoms with Gasteiger partial charge in [0.15, 0.2) is 5.82 Å². The van der Waals surface area contributed by atoms with Crippen LogP contribution in [0, 0.1) is 0 Å². The van der Waals surface area contributed by atoms with Gasteiger partial charge in [-0.1, -0.05) is 152 Å². The Morgan fingerprint density at radius 2 is 0.857 bits per heavy atom. The Hall–Kier alpha value is -7.56. The van der Waals surface area contributed by atoms with Crippen molar-refractivity contribution in [3.63, 3.8) is 0 Å². The molecule has 0 unspecified atom stereocenters. The first-order valence-corrected chi connectivity index (χ1v) is 18.8. The Bertz CT molecular complexity index is 3230. The summed E-state index contributed by atoms with van der Waals surface area (Å²) in [5.41, 5.74) is 14.7. The number of para-hydroxylation sites is 3. The normalized spacial score (nSPS) is 11.6. The summed E-state index contributed by atoms with van der Waals surface area (Å²) in [4.78, 5) is 10.4. The second-order valence-electron chi connectivity index (χ2n) is 14.1. The van der Waals surface area contributed by atoms with E-state index in [0.29, 0.717) is 5.82 Å². The topological polar surface area (TPSA) is 52.1 Å². The molecule has 0 aliphatic heterocycles. The quantitative estimate of drug-likeness (QED) is 0.172. The van der Waals surface area contributed by atoms with Crippen molar-refractivity contribution in [1.82, 2.24) is 9.97 Å². The summed E-state index contributed by atoms with van der Waals surface area (Å²) in [7, 11) is 0. The number of aromatic nitrogens is 2. The van der Waals surface area contributed by atoms with E-state index in [1.165, 1.54) is 0 Å². The third-order valence-corrected chi connectivity index (χ3v) is 10.7. The van der Waals surface area contributed by atoms with Crippen LogP contribution < -0.4 is 0 Å². The van der Waals surface area contributed by atoms with Crippen LogP contribution in [0.15, 0.2) is 203 Å². The average molecular weight is 717 g/mol. The molecular formula is C52H32N2O2. The van der Waals surface area contributed by atoms with Crippen molar-refractivity contribution in [2.45, 2.75) is 0 Å². The van der Waals surface area contributed by atoms with Gasteiger partial charge < -0.3 is 8.83 Å². The van der Waals surface area contributed by atoms with Crippen molar-refractivity contribution < 1.29 is 8.83 Å². The van der Waals surface area contributed by atoms with Crippen LogP contribution in [0.25, 0.3) is 111 Å². The molecule has 0 fully saturated rings. The van der Waals surface area contributed by atoms with Crippen LogP contribution in [0.4, 0.5) is 0 Å². The summed E-state index contributed by atoms with van der Waals surface area (Å²) < 4.78 is 12.7. The van der Waals surface area contributed by atoms with E-state index in [0.717, 1.165) is 105 Å². The molecule has 0 saturated heterocycles. The van der Waals surface area contributed by atoms with Gasteiger partial charge in [-0.15, -0.1) is 0 Å². The van der Waals surface area contributed by atoms with E-state index in [1.54, 1.807) is 0 Å². The zero-order valence-corrected chi connectivity index (χ0v) is 30.2. The first kappa shape index (κ1) is 31.9. The van der Waals surface area contributed by atoms with Gasteiger partial charge in [-0.2, -0.15) is 0 Å². The second-order valence-corrected chi connectivity index (χ2v) is 14.1. The van der Waals surface area contributed by atoms with Gasteiger partial charge in [0.25, 0.3) is 0 Å². The minimum atomic E-state index is 0.669. The van der Waals surface area contributed by atoms with E-state index in [2.05, 4.69) is 146 Å². The number of benzene rings is 8. The fourth-order valence-corrected chi connectivity index (χ4v) is 8.00.